The van der Waals surface area contributed by atoms with Crippen LogP contribution >= 0.6 is 0 Å². The number of benzene rings is 1. The van der Waals surface area contributed by atoms with E-state index in [0.717, 1.165) is 0 Å². The molecule has 2 nitrogen and oxygen atoms in total. The van der Waals surface area contributed by atoms with Crippen molar-refractivity contribution >= 4 is 0 Å². The van der Waals surface area contributed by atoms with Crippen LogP contribution in [-0.2, 0) is 6.42 Å². The van der Waals surface area contributed by atoms with Crippen molar-refractivity contribution in [3.63, 3.8) is 0 Å². The van der Waals surface area contributed by atoms with E-state index in [1.807, 2.05) is 0 Å². The minimum absolute atomic E-state index is 0.452. The largest absolute Gasteiger partial charge is 0.309 e. The zero-order chi connectivity index (χ0) is 13.0. The Morgan fingerprint density at radius 1 is 1.05 bits per heavy atom. The lowest BCUT2D eigenvalue weighted by Gasteiger charge is -2.46. The van der Waals surface area contributed by atoms with Crippen molar-refractivity contribution in [2.24, 2.45) is 0 Å². The Morgan fingerprint density at radius 2 is 1.84 bits per heavy atom. The van der Waals surface area contributed by atoms with Crippen LogP contribution < -0.4 is 5.32 Å². The molecule has 1 aliphatic carbocycles. The molecular weight excluding hydrogens is 232 g/mol. The zero-order valence-corrected chi connectivity index (χ0v) is 11.9. The Bertz CT molecular complexity index is 376. The lowest BCUT2D eigenvalue weighted by Crippen LogP contribution is -2.61. The van der Waals surface area contributed by atoms with Crippen LogP contribution in [0.2, 0.25) is 0 Å². The number of hydrogen-bond donors (Lipinski definition) is 1. The molecule has 0 amide bonds. The molecule has 104 valence electrons. The molecule has 2 heteroatoms. The van der Waals surface area contributed by atoms with Gasteiger partial charge in [-0.25, -0.2) is 0 Å². The minimum Gasteiger partial charge on any atom is -0.309 e. The van der Waals surface area contributed by atoms with Crippen LogP contribution in [0, 0.1) is 0 Å². The fourth-order valence-corrected chi connectivity index (χ4v) is 3.73. The quantitative estimate of drug-likeness (QED) is 0.897. The Morgan fingerprint density at radius 3 is 2.63 bits per heavy atom. The summed E-state index contributed by atoms with van der Waals surface area (Å²) in [5.74, 6) is 0. The first kappa shape index (κ1) is 13.1. The highest BCUT2D eigenvalue weighted by molar-refractivity contribution is 5.15. The van der Waals surface area contributed by atoms with Gasteiger partial charge in [-0.05, 0) is 24.8 Å². The van der Waals surface area contributed by atoms with Gasteiger partial charge in [0.15, 0.2) is 0 Å². The third-order valence-electron chi connectivity index (χ3n) is 4.82. The molecule has 0 radical (unpaired) electrons. The maximum absolute atomic E-state index is 3.82. The Labute approximate surface area is 117 Å². The Balaban J connectivity index is 1.53. The zero-order valence-electron chi connectivity index (χ0n) is 11.9. The maximum Gasteiger partial charge on any atom is 0.0309 e. The Hall–Kier alpha value is -0.860. The van der Waals surface area contributed by atoms with Crippen molar-refractivity contribution in [1.29, 1.82) is 0 Å². The van der Waals surface area contributed by atoms with Crippen LogP contribution in [0.1, 0.15) is 37.7 Å². The van der Waals surface area contributed by atoms with Gasteiger partial charge < -0.3 is 5.32 Å². The normalized spacial score (nSPS) is 23.6. The average molecular weight is 258 g/mol. The molecular formula is C17H26N2. The molecule has 2 aliphatic rings. The first-order valence-electron chi connectivity index (χ1n) is 7.88. The maximum atomic E-state index is 3.82. The van der Waals surface area contributed by atoms with E-state index in [1.165, 1.54) is 70.3 Å². The monoisotopic (exact) mass is 258 g/mol. The molecule has 19 heavy (non-hydrogen) atoms. The van der Waals surface area contributed by atoms with Gasteiger partial charge in [-0.1, -0.05) is 49.6 Å². The van der Waals surface area contributed by atoms with Gasteiger partial charge in [0.05, 0.1) is 0 Å². The van der Waals surface area contributed by atoms with Gasteiger partial charge in [-0.3, -0.25) is 4.90 Å². The predicted octanol–water partition coefficient (Wildman–Crippen LogP) is 2.84. The van der Waals surface area contributed by atoms with E-state index in [1.54, 1.807) is 0 Å². The van der Waals surface area contributed by atoms with E-state index in [4.69, 9.17) is 0 Å². The second-order valence-corrected chi connectivity index (χ2v) is 6.28. The van der Waals surface area contributed by atoms with Gasteiger partial charge in [0.25, 0.3) is 0 Å². The third-order valence-corrected chi connectivity index (χ3v) is 4.82. The van der Waals surface area contributed by atoms with Crippen molar-refractivity contribution in [2.45, 2.75) is 44.1 Å². The van der Waals surface area contributed by atoms with E-state index < -0.39 is 0 Å². The van der Waals surface area contributed by atoms with Crippen molar-refractivity contribution in [3.05, 3.63) is 35.9 Å². The number of piperazine rings is 1. The van der Waals surface area contributed by atoms with Gasteiger partial charge in [0.2, 0.25) is 0 Å². The van der Waals surface area contributed by atoms with E-state index in [2.05, 4.69) is 40.5 Å². The summed E-state index contributed by atoms with van der Waals surface area (Å²) < 4.78 is 0. The lowest BCUT2D eigenvalue weighted by atomic mass is 9.80. The van der Waals surface area contributed by atoms with Gasteiger partial charge in [-0.2, -0.15) is 0 Å². The predicted molar refractivity (Wildman–Crippen MR) is 80.4 cm³/mol. The summed E-state index contributed by atoms with van der Waals surface area (Å²) in [7, 11) is 0. The molecule has 0 aromatic heterocycles. The second kappa shape index (κ2) is 6.06. The van der Waals surface area contributed by atoms with Gasteiger partial charge in [-0.15, -0.1) is 0 Å². The standard InChI is InChI=1S/C17H26N2/c1-3-7-16(8-4-1)9-13-19-14-12-18-17(15-19)10-5-2-6-11-17/h1,3-4,7-8,18H,2,5-6,9-15H2. The van der Waals surface area contributed by atoms with E-state index in [0.29, 0.717) is 5.54 Å². The van der Waals surface area contributed by atoms with E-state index >= 15 is 0 Å². The topological polar surface area (TPSA) is 15.3 Å². The molecule has 1 aliphatic heterocycles. The highest BCUT2D eigenvalue weighted by atomic mass is 15.2. The Kier molecular flexibility index (Phi) is 4.19. The van der Waals surface area contributed by atoms with E-state index in [-0.39, 0.29) is 0 Å². The minimum atomic E-state index is 0.452. The third kappa shape index (κ3) is 3.37. The molecule has 0 unspecified atom stereocenters. The summed E-state index contributed by atoms with van der Waals surface area (Å²) >= 11 is 0. The molecule has 1 N–H and O–H groups in total. The molecule has 1 aromatic carbocycles. The molecule has 1 spiro atoms. The van der Waals surface area contributed by atoms with Crippen molar-refractivity contribution in [3.8, 4) is 0 Å². The van der Waals surface area contributed by atoms with Crippen molar-refractivity contribution in [1.82, 2.24) is 10.2 Å². The molecule has 1 saturated carbocycles. The van der Waals surface area contributed by atoms with Crippen LogP contribution in [0.15, 0.2) is 30.3 Å². The first-order chi connectivity index (χ1) is 9.36. The summed E-state index contributed by atoms with van der Waals surface area (Å²) in [6, 6.07) is 10.9. The number of nitrogens with zero attached hydrogens (tertiary/aromatic N) is 1. The van der Waals surface area contributed by atoms with Crippen LogP contribution in [0.4, 0.5) is 0 Å². The van der Waals surface area contributed by atoms with Gasteiger partial charge >= 0.3 is 0 Å². The fraction of sp³-hybridized carbons (Fsp3) is 0.647. The lowest BCUT2D eigenvalue weighted by molar-refractivity contribution is 0.100. The molecule has 2 fully saturated rings. The van der Waals surface area contributed by atoms with Crippen LogP contribution in [0.3, 0.4) is 0 Å². The number of rotatable bonds is 3. The van der Waals surface area contributed by atoms with Gasteiger partial charge in [0.1, 0.15) is 0 Å². The highest BCUT2D eigenvalue weighted by Crippen LogP contribution is 2.30. The summed E-state index contributed by atoms with van der Waals surface area (Å²) in [5, 5.41) is 3.82. The molecule has 1 heterocycles. The molecule has 0 bridgehead atoms. The summed E-state index contributed by atoms with van der Waals surface area (Å²) in [6.45, 7) is 4.87. The average Bonchev–Trinajstić information content (AvgIpc) is 2.47. The fourth-order valence-electron chi connectivity index (χ4n) is 3.73. The smallest absolute Gasteiger partial charge is 0.0309 e. The molecule has 3 rings (SSSR count). The summed E-state index contributed by atoms with van der Waals surface area (Å²) in [4.78, 5) is 2.68. The molecule has 1 saturated heterocycles. The second-order valence-electron chi connectivity index (χ2n) is 6.28. The number of hydrogen-bond acceptors (Lipinski definition) is 2. The molecule has 1 aromatic rings. The summed E-state index contributed by atoms with van der Waals surface area (Å²) in [5.41, 5.74) is 1.92. The van der Waals surface area contributed by atoms with E-state index in [9.17, 15) is 0 Å². The van der Waals surface area contributed by atoms with Crippen LogP contribution in [0.5, 0.6) is 0 Å². The van der Waals surface area contributed by atoms with Crippen molar-refractivity contribution in [2.75, 3.05) is 26.2 Å². The highest BCUT2D eigenvalue weighted by Gasteiger charge is 2.35. The number of nitrogens with one attached hydrogen (secondary N) is 1. The van der Waals surface area contributed by atoms with Crippen molar-refractivity contribution < 1.29 is 0 Å². The first-order valence-corrected chi connectivity index (χ1v) is 7.88. The van der Waals surface area contributed by atoms with Crippen LogP contribution in [-0.4, -0.2) is 36.6 Å². The SMILES string of the molecule is c1ccc(CCN2CCNC3(CCCCC3)C2)cc1. The molecule has 0 atom stereocenters. The van der Waals surface area contributed by atoms with Crippen LogP contribution in [0.25, 0.3) is 0 Å². The van der Waals surface area contributed by atoms with Gasteiger partial charge in [0, 0.05) is 31.7 Å². The summed E-state index contributed by atoms with van der Waals surface area (Å²) in [6.07, 6.45) is 8.23.